The lowest BCUT2D eigenvalue weighted by Gasteiger charge is -1.87. The van der Waals surface area contributed by atoms with Crippen LogP contribution in [0.2, 0.25) is 0 Å². The molecule has 0 radical (unpaired) electrons. The summed E-state index contributed by atoms with van der Waals surface area (Å²) >= 11 is 3.88. The van der Waals surface area contributed by atoms with Gasteiger partial charge in [0.05, 0.1) is 5.04 Å². The summed E-state index contributed by atoms with van der Waals surface area (Å²) < 4.78 is 0. The van der Waals surface area contributed by atoms with E-state index in [1.807, 2.05) is 6.92 Å². The molecule has 0 bridgehead atoms. The molecule has 0 aliphatic heterocycles. The molecule has 4 heteroatoms. The summed E-state index contributed by atoms with van der Waals surface area (Å²) in [6, 6.07) is 1.58. The van der Waals surface area contributed by atoms with E-state index in [0.29, 0.717) is 11.5 Å². The fourth-order valence-corrected chi connectivity index (χ4v) is 0.333. The van der Waals surface area contributed by atoms with Crippen LogP contribution in [0, 0.1) is 16.7 Å². The van der Waals surface area contributed by atoms with Crippen LogP contribution in [-0.4, -0.2) is 10.9 Å². The normalized spacial score (nSPS) is 10.6. The summed E-state index contributed by atoms with van der Waals surface area (Å²) in [6.45, 7) is 1.86. The lowest BCUT2D eigenvalue weighted by Crippen LogP contribution is -1.90. The highest BCUT2D eigenvalue weighted by molar-refractivity contribution is 7.97. The molecule has 9 heavy (non-hydrogen) atoms. The summed E-state index contributed by atoms with van der Waals surface area (Å²) in [4.78, 5) is 3.52. The standard InChI is InChI=1S/C5H7N3S/c1-2-5(9)8-4(7)3-6/h2H2,1H3,(H2,7,8,9). The van der Waals surface area contributed by atoms with Crippen LogP contribution in [0.5, 0.6) is 0 Å². The van der Waals surface area contributed by atoms with Gasteiger partial charge in [0.2, 0.25) is 5.84 Å². The number of aliphatic imine (C=N–C) groups is 1. The van der Waals surface area contributed by atoms with Gasteiger partial charge in [0.15, 0.2) is 0 Å². The van der Waals surface area contributed by atoms with Gasteiger partial charge < -0.3 is 0 Å². The van der Waals surface area contributed by atoms with Crippen molar-refractivity contribution in [3.05, 3.63) is 0 Å². The Balaban J connectivity index is 3.99. The van der Waals surface area contributed by atoms with E-state index in [1.54, 1.807) is 6.07 Å². The van der Waals surface area contributed by atoms with Crippen LogP contribution >= 0.6 is 12.6 Å². The maximum atomic E-state index is 8.06. The van der Waals surface area contributed by atoms with E-state index in [4.69, 9.17) is 10.7 Å². The van der Waals surface area contributed by atoms with Crippen molar-refractivity contribution in [2.24, 2.45) is 4.99 Å². The van der Waals surface area contributed by atoms with E-state index < -0.39 is 0 Å². The molecule has 0 saturated carbocycles. The third kappa shape index (κ3) is 3.74. The number of nitrogens with one attached hydrogen (secondary N) is 1. The molecular weight excluding hydrogens is 134 g/mol. The largest absolute Gasteiger partial charge is 0.273 e. The summed E-state index contributed by atoms with van der Waals surface area (Å²) in [6.07, 6.45) is 0.660. The van der Waals surface area contributed by atoms with Gasteiger partial charge in [-0.2, -0.15) is 5.26 Å². The van der Waals surface area contributed by atoms with Crippen molar-refractivity contribution in [2.45, 2.75) is 13.3 Å². The van der Waals surface area contributed by atoms with Crippen LogP contribution in [0.3, 0.4) is 0 Å². The summed E-state index contributed by atoms with van der Waals surface area (Å²) in [7, 11) is 0. The predicted molar refractivity (Wildman–Crippen MR) is 40.1 cm³/mol. The zero-order chi connectivity index (χ0) is 7.28. The maximum absolute atomic E-state index is 8.06. The highest BCUT2D eigenvalue weighted by atomic mass is 32.1. The fourth-order valence-electron chi connectivity index (χ4n) is 0.233. The molecule has 0 heterocycles. The van der Waals surface area contributed by atoms with Crippen molar-refractivity contribution in [3.63, 3.8) is 0 Å². The van der Waals surface area contributed by atoms with Crippen molar-refractivity contribution in [2.75, 3.05) is 0 Å². The van der Waals surface area contributed by atoms with E-state index in [9.17, 15) is 0 Å². The fraction of sp³-hybridized carbons (Fsp3) is 0.400. The Kier molecular flexibility index (Phi) is 3.72. The SMILES string of the molecule is CC/C(S)=N\C(=N)C#N. The van der Waals surface area contributed by atoms with Gasteiger partial charge >= 0.3 is 0 Å². The Morgan fingerprint density at radius 2 is 2.44 bits per heavy atom. The molecule has 1 N–H and O–H groups in total. The number of nitriles is 1. The molecule has 0 amide bonds. The van der Waals surface area contributed by atoms with Gasteiger partial charge in [-0.1, -0.05) is 6.92 Å². The number of hydrogen-bond acceptors (Lipinski definition) is 2. The second-order valence-corrected chi connectivity index (χ2v) is 1.86. The number of nitrogens with zero attached hydrogens (tertiary/aromatic N) is 2. The molecule has 0 fully saturated rings. The van der Waals surface area contributed by atoms with E-state index in [-0.39, 0.29) is 5.84 Å². The predicted octanol–water partition coefficient (Wildman–Crippen LogP) is 1.23. The number of thiol groups is 1. The van der Waals surface area contributed by atoms with Gasteiger partial charge in [0, 0.05) is 0 Å². The lowest BCUT2D eigenvalue weighted by atomic mass is 10.5. The van der Waals surface area contributed by atoms with E-state index in [2.05, 4.69) is 17.6 Å². The molecule has 3 nitrogen and oxygen atoms in total. The highest BCUT2D eigenvalue weighted by Crippen LogP contribution is 1.90. The molecule has 0 spiro atoms. The monoisotopic (exact) mass is 141 g/mol. The molecule has 0 aliphatic rings. The first-order valence-corrected chi connectivity index (χ1v) is 2.90. The molecule has 0 aromatic carbocycles. The minimum absolute atomic E-state index is 0.290. The Hall–Kier alpha value is -0.820. The summed E-state index contributed by atoms with van der Waals surface area (Å²) in [5.74, 6) is -0.290. The van der Waals surface area contributed by atoms with E-state index in [0.717, 1.165) is 0 Å². The first-order chi connectivity index (χ1) is 4.20. The summed E-state index contributed by atoms with van der Waals surface area (Å²) in [5, 5.41) is 15.4. The van der Waals surface area contributed by atoms with E-state index in [1.165, 1.54) is 0 Å². The van der Waals surface area contributed by atoms with Crippen LogP contribution < -0.4 is 0 Å². The summed E-state index contributed by atoms with van der Waals surface area (Å²) in [5.41, 5.74) is 0. The second-order valence-electron chi connectivity index (χ2n) is 1.34. The Labute approximate surface area is 59.3 Å². The smallest absolute Gasteiger partial charge is 0.225 e. The zero-order valence-electron chi connectivity index (χ0n) is 5.05. The minimum atomic E-state index is -0.290. The number of amidine groups is 1. The molecule has 48 valence electrons. The minimum Gasteiger partial charge on any atom is -0.273 e. The van der Waals surface area contributed by atoms with Gasteiger partial charge in [0.1, 0.15) is 6.07 Å². The molecule has 0 atom stereocenters. The average Bonchev–Trinajstić information content (AvgIpc) is 1.87. The second kappa shape index (κ2) is 4.10. The zero-order valence-corrected chi connectivity index (χ0v) is 5.94. The van der Waals surface area contributed by atoms with Crippen molar-refractivity contribution >= 4 is 23.5 Å². The van der Waals surface area contributed by atoms with Crippen LogP contribution in [0.1, 0.15) is 13.3 Å². The van der Waals surface area contributed by atoms with Gasteiger partial charge in [-0.3, -0.25) is 5.41 Å². The van der Waals surface area contributed by atoms with Crippen LogP contribution in [0.15, 0.2) is 4.99 Å². The van der Waals surface area contributed by atoms with Crippen molar-refractivity contribution in [1.82, 2.24) is 0 Å². The Morgan fingerprint density at radius 3 is 2.78 bits per heavy atom. The van der Waals surface area contributed by atoms with Crippen molar-refractivity contribution < 1.29 is 0 Å². The van der Waals surface area contributed by atoms with Gasteiger partial charge in [-0.25, -0.2) is 4.99 Å². The van der Waals surface area contributed by atoms with Crippen LogP contribution in [-0.2, 0) is 0 Å². The van der Waals surface area contributed by atoms with Gasteiger partial charge in [-0.05, 0) is 6.42 Å². The molecule has 0 aromatic rings. The average molecular weight is 141 g/mol. The Morgan fingerprint density at radius 1 is 1.89 bits per heavy atom. The van der Waals surface area contributed by atoms with Gasteiger partial charge in [-0.15, -0.1) is 12.6 Å². The number of hydrogen-bond donors (Lipinski definition) is 2. The molecule has 0 aliphatic carbocycles. The van der Waals surface area contributed by atoms with Crippen molar-refractivity contribution in [3.8, 4) is 6.07 Å². The maximum Gasteiger partial charge on any atom is 0.225 e. The lowest BCUT2D eigenvalue weighted by molar-refractivity contribution is 1.31. The third-order valence-corrected chi connectivity index (χ3v) is 1.08. The highest BCUT2D eigenvalue weighted by Gasteiger charge is 1.89. The Bertz CT molecular complexity index is 177. The molecule has 0 aromatic heterocycles. The molecule has 0 saturated heterocycles. The molecular formula is C5H7N3S. The van der Waals surface area contributed by atoms with E-state index >= 15 is 0 Å². The van der Waals surface area contributed by atoms with Crippen LogP contribution in [0.25, 0.3) is 0 Å². The first-order valence-electron chi connectivity index (χ1n) is 2.46. The molecule has 0 unspecified atom stereocenters. The third-order valence-electron chi connectivity index (χ3n) is 0.663. The van der Waals surface area contributed by atoms with Gasteiger partial charge in [0.25, 0.3) is 0 Å². The van der Waals surface area contributed by atoms with Crippen LogP contribution in [0.4, 0.5) is 0 Å². The van der Waals surface area contributed by atoms with Crippen molar-refractivity contribution in [1.29, 1.82) is 10.7 Å². The first kappa shape index (κ1) is 8.18. The molecule has 0 rings (SSSR count). The number of rotatable bonds is 1. The quantitative estimate of drug-likeness (QED) is 0.322. The topological polar surface area (TPSA) is 60.0 Å².